The lowest BCUT2D eigenvalue weighted by molar-refractivity contribution is 1.14. The Hall–Kier alpha value is -1.17. The van der Waals surface area contributed by atoms with Crippen LogP contribution in [0.15, 0.2) is 22.0 Å². The van der Waals surface area contributed by atoms with Gasteiger partial charge in [-0.25, -0.2) is 9.97 Å². The largest absolute Gasteiger partial charge is 0.370 e. The van der Waals surface area contributed by atoms with E-state index in [0.29, 0.717) is 10.4 Å². The molecule has 0 aliphatic rings. The van der Waals surface area contributed by atoms with Crippen LogP contribution in [0.2, 0.25) is 0 Å². The third-order valence-electron chi connectivity index (χ3n) is 0.850. The van der Waals surface area contributed by atoms with Crippen LogP contribution in [-0.2, 0) is 0 Å². The van der Waals surface area contributed by atoms with E-state index in [1.165, 1.54) is 12.4 Å². The van der Waals surface area contributed by atoms with Crippen molar-refractivity contribution in [1.29, 1.82) is 0 Å². The van der Waals surface area contributed by atoms with Crippen molar-refractivity contribution in [3.8, 4) is 0 Å². The molecule has 0 atom stereocenters. The fourth-order valence-electron chi connectivity index (χ4n) is 0.495. The maximum Gasteiger partial charge on any atom is 0.192 e. The van der Waals surface area contributed by atoms with Crippen LogP contribution >= 0.6 is 15.9 Å². The molecule has 1 aromatic heterocycles. The van der Waals surface area contributed by atoms with Gasteiger partial charge in [-0.2, -0.15) is 4.99 Å². The van der Waals surface area contributed by atoms with Crippen molar-refractivity contribution in [1.82, 2.24) is 9.97 Å². The predicted octanol–water partition coefficient (Wildman–Crippen LogP) is 0.144. The minimum atomic E-state index is -0.0263. The first-order valence-electron chi connectivity index (χ1n) is 2.75. The summed E-state index contributed by atoms with van der Waals surface area (Å²) in [5, 5.41) is 0. The molecule has 0 aliphatic heterocycles. The van der Waals surface area contributed by atoms with Crippen LogP contribution in [0.4, 0.5) is 5.82 Å². The summed E-state index contributed by atoms with van der Waals surface area (Å²) < 4.78 is 0.645. The summed E-state index contributed by atoms with van der Waals surface area (Å²) in [6, 6.07) is 0. The van der Waals surface area contributed by atoms with E-state index in [1.807, 2.05) is 0 Å². The normalized spacial score (nSPS) is 9.18. The first-order chi connectivity index (χ1) is 5.18. The van der Waals surface area contributed by atoms with Gasteiger partial charge < -0.3 is 11.5 Å². The van der Waals surface area contributed by atoms with Crippen LogP contribution in [0.25, 0.3) is 0 Å². The molecule has 0 radical (unpaired) electrons. The minimum Gasteiger partial charge on any atom is -0.370 e. The lowest BCUT2D eigenvalue weighted by atomic mass is 10.7. The number of nitrogens with zero attached hydrogens (tertiary/aromatic N) is 3. The molecule has 0 saturated carbocycles. The molecule has 0 aromatic carbocycles. The molecule has 0 aliphatic carbocycles. The molecule has 0 saturated heterocycles. The predicted molar refractivity (Wildman–Crippen MR) is 45.2 cm³/mol. The highest BCUT2D eigenvalue weighted by Gasteiger charge is 1.91. The average molecular weight is 216 g/mol. The molecule has 0 bridgehead atoms. The van der Waals surface area contributed by atoms with Crippen molar-refractivity contribution in [2.24, 2.45) is 16.5 Å². The molecule has 1 aromatic rings. The van der Waals surface area contributed by atoms with Crippen molar-refractivity contribution in [2.75, 3.05) is 0 Å². The van der Waals surface area contributed by atoms with E-state index in [2.05, 4.69) is 30.9 Å². The number of aliphatic imine (C=N–C) groups is 1. The van der Waals surface area contributed by atoms with Crippen LogP contribution in [0.5, 0.6) is 0 Å². The summed E-state index contributed by atoms with van der Waals surface area (Å²) in [4.78, 5) is 11.4. The van der Waals surface area contributed by atoms with Gasteiger partial charge in [-0.3, -0.25) is 0 Å². The summed E-state index contributed by atoms with van der Waals surface area (Å²) in [6.07, 6.45) is 2.98. The van der Waals surface area contributed by atoms with Crippen molar-refractivity contribution in [3.05, 3.63) is 17.0 Å². The third-order valence-corrected chi connectivity index (χ3v) is 1.26. The van der Waals surface area contributed by atoms with Gasteiger partial charge in [0.25, 0.3) is 0 Å². The Morgan fingerprint density at radius 2 is 2.09 bits per heavy atom. The first-order valence-corrected chi connectivity index (χ1v) is 3.55. The van der Waals surface area contributed by atoms with Gasteiger partial charge in [0.2, 0.25) is 0 Å². The molecule has 5 nitrogen and oxygen atoms in total. The zero-order chi connectivity index (χ0) is 8.27. The van der Waals surface area contributed by atoms with Gasteiger partial charge in [-0.15, -0.1) is 0 Å². The van der Waals surface area contributed by atoms with Gasteiger partial charge in [-0.1, -0.05) is 0 Å². The summed E-state index contributed by atoms with van der Waals surface area (Å²) in [5.41, 5.74) is 10.2. The van der Waals surface area contributed by atoms with Gasteiger partial charge in [0.05, 0.1) is 12.4 Å². The SMILES string of the molecule is NC(N)=Nc1cnc(Br)cn1. The Morgan fingerprint density at radius 3 is 2.55 bits per heavy atom. The van der Waals surface area contributed by atoms with Crippen LogP contribution in [0.3, 0.4) is 0 Å². The van der Waals surface area contributed by atoms with Crippen molar-refractivity contribution < 1.29 is 0 Å². The van der Waals surface area contributed by atoms with Crippen molar-refractivity contribution in [3.63, 3.8) is 0 Å². The van der Waals surface area contributed by atoms with E-state index in [0.717, 1.165) is 0 Å². The number of hydrogen-bond donors (Lipinski definition) is 2. The Kier molecular flexibility index (Phi) is 2.37. The molecule has 0 spiro atoms. The summed E-state index contributed by atoms with van der Waals surface area (Å²) in [5.74, 6) is 0.370. The molecule has 11 heavy (non-hydrogen) atoms. The second kappa shape index (κ2) is 3.29. The van der Waals surface area contributed by atoms with Crippen LogP contribution < -0.4 is 11.5 Å². The monoisotopic (exact) mass is 215 g/mol. The summed E-state index contributed by atoms with van der Waals surface area (Å²) in [6.45, 7) is 0. The molecule has 0 unspecified atom stereocenters. The van der Waals surface area contributed by atoms with E-state index >= 15 is 0 Å². The fourth-order valence-corrected chi connectivity index (χ4v) is 0.700. The number of nitrogens with two attached hydrogens (primary N) is 2. The molecule has 0 fully saturated rings. The van der Waals surface area contributed by atoms with E-state index in [1.54, 1.807) is 0 Å². The van der Waals surface area contributed by atoms with Gasteiger partial charge in [0.15, 0.2) is 11.8 Å². The summed E-state index contributed by atoms with van der Waals surface area (Å²) in [7, 11) is 0. The van der Waals surface area contributed by atoms with Crippen LogP contribution in [-0.4, -0.2) is 15.9 Å². The molecule has 0 amide bonds. The standard InChI is InChI=1S/C5H6BrN5/c6-3-1-10-4(2-9-3)11-5(7)8/h1-2H,(H4,7,8,10,11). The van der Waals surface area contributed by atoms with E-state index in [4.69, 9.17) is 11.5 Å². The van der Waals surface area contributed by atoms with Crippen LogP contribution in [0, 0.1) is 0 Å². The second-order valence-electron chi connectivity index (χ2n) is 1.73. The Labute approximate surface area is 71.7 Å². The smallest absolute Gasteiger partial charge is 0.192 e. The molecule has 4 N–H and O–H groups in total. The average Bonchev–Trinajstić information content (AvgIpc) is 1.93. The maximum atomic E-state index is 5.11. The van der Waals surface area contributed by atoms with Gasteiger partial charge in [0, 0.05) is 0 Å². The van der Waals surface area contributed by atoms with Gasteiger partial charge in [0.1, 0.15) is 4.60 Å². The Balaban J connectivity index is 2.91. The Morgan fingerprint density at radius 1 is 1.36 bits per heavy atom. The van der Waals surface area contributed by atoms with Gasteiger partial charge in [-0.05, 0) is 15.9 Å². The summed E-state index contributed by atoms with van der Waals surface area (Å²) >= 11 is 3.13. The van der Waals surface area contributed by atoms with Crippen molar-refractivity contribution >= 4 is 27.7 Å². The maximum absolute atomic E-state index is 5.11. The first kappa shape index (κ1) is 7.93. The van der Waals surface area contributed by atoms with Gasteiger partial charge >= 0.3 is 0 Å². The highest BCUT2D eigenvalue weighted by molar-refractivity contribution is 9.10. The number of guanidine groups is 1. The van der Waals surface area contributed by atoms with E-state index < -0.39 is 0 Å². The zero-order valence-electron chi connectivity index (χ0n) is 5.53. The highest BCUT2D eigenvalue weighted by atomic mass is 79.9. The highest BCUT2D eigenvalue weighted by Crippen LogP contribution is 2.07. The van der Waals surface area contributed by atoms with Crippen LogP contribution in [0.1, 0.15) is 0 Å². The quantitative estimate of drug-likeness (QED) is 0.516. The minimum absolute atomic E-state index is 0.0263. The van der Waals surface area contributed by atoms with E-state index in [-0.39, 0.29) is 5.96 Å². The Bertz CT molecular complexity index is 263. The molecule has 58 valence electrons. The lowest BCUT2D eigenvalue weighted by Crippen LogP contribution is -2.22. The topological polar surface area (TPSA) is 90.2 Å². The lowest BCUT2D eigenvalue weighted by Gasteiger charge is -1.92. The molecule has 1 heterocycles. The molecule has 1 rings (SSSR count). The van der Waals surface area contributed by atoms with E-state index in [9.17, 15) is 0 Å². The van der Waals surface area contributed by atoms with Crippen molar-refractivity contribution in [2.45, 2.75) is 0 Å². The fraction of sp³-hybridized carbons (Fsp3) is 0. The third kappa shape index (κ3) is 2.50. The zero-order valence-corrected chi connectivity index (χ0v) is 7.12. The number of aromatic nitrogens is 2. The molecule has 6 heteroatoms. The second-order valence-corrected chi connectivity index (χ2v) is 2.55. The number of hydrogen-bond acceptors (Lipinski definition) is 3. The molecular formula is C5H6BrN5. The number of rotatable bonds is 1. The molecular weight excluding hydrogens is 210 g/mol. The number of halogens is 1.